The Morgan fingerprint density at radius 3 is 2.00 bits per heavy atom. The van der Waals surface area contributed by atoms with Crippen LogP contribution in [-0.2, 0) is 0 Å². The topological polar surface area (TPSA) is 35.5 Å². The number of carbonyl (C=O) groups excluding carboxylic acids is 1. The van der Waals surface area contributed by atoms with E-state index in [1.807, 2.05) is 55.5 Å². The summed E-state index contributed by atoms with van der Waals surface area (Å²) < 4.78 is 11.5. The number of carbonyl (C=O) groups is 1. The van der Waals surface area contributed by atoms with E-state index >= 15 is 0 Å². The summed E-state index contributed by atoms with van der Waals surface area (Å²) in [6.45, 7) is 1.88. The highest BCUT2D eigenvalue weighted by Crippen LogP contribution is 2.45. The van der Waals surface area contributed by atoms with Crippen LogP contribution in [-0.4, -0.2) is 20.0 Å². The molecule has 4 aromatic rings. The fourth-order valence-electron chi connectivity index (χ4n) is 3.79. The Morgan fingerprint density at radius 2 is 1.36 bits per heavy atom. The number of hydrogen-bond acceptors (Lipinski definition) is 3. The smallest absolute Gasteiger partial charge is 0.162 e. The van der Waals surface area contributed by atoms with Gasteiger partial charge in [-0.25, -0.2) is 0 Å². The molecule has 0 radical (unpaired) electrons. The molecule has 0 aliphatic rings. The summed E-state index contributed by atoms with van der Waals surface area (Å²) in [6, 6.07) is 22.1. The second kappa shape index (κ2) is 7.35. The van der Waals surface area contributed by atoms with E-state index in [4.69, 9.17) is 9.47 Å². The van der Waals surface area contributed by atoms with Crippen LogP contribution in [0.4, 0.5) is 0 Å². The quantitative estimate of drug-likeness (QED) is 0.388. The number of Topliss-reactive ketones (excluding diaryl/α,β-unsaturated/α-hetero) is 1. The third-order valence-corrected chi connectivity index (χ3v) is 5.21. The Bertz CT molecular complexity index is 1190. The highest BCUT2D eigenvalue weighted by atomic mass is 16.5. The Morgan fingerprint density at radius 1 is 0.750 bits per heavy atom. The summed E-state index contributed by atoms with van der Waals surface area (Å²) in [5.41, 5.74) is 2.71. The van der Waals surface area contributed by atoms with Crippen LogP contribution in [0.3, 0.4) is 0 Å². The zero-order chi connectivity index (χ0) is 19.7. The first-order valence-corrected chi connectivity index (χ1v) is 9.38. The van der Waals surface area contributed by atoms with Crippen molar-refractivity contribution in [2.24, 2.45) is 0 Å². The second-order valence-electron chi connectivity index (χ2n) is 6.72. The maximum absolute atomic E-state index is 12.2. The normalized spacial score (nSPS) is 11.0. The molecule has 28 heavy (non-hydrogen) atoms. The lowest BCUT2D eigenvalue weighted by Crippen LogP contribution is -1.98. The summed E-state index contributed by atoms with van der Waals surface area (Å²) >= 11 is 0. The van der Waals surface area contributed by atoms with Crippen molar-refractivity contribution in [3.8, 4) is 22.6 Å². The predicted molar refractivity (Wildman–Crippen MR) is 115 cm³/mol. The Labute approximate surface area is 164 Å². The van der Waals surface area contributed by atoms with Crippen molar-refractivity contribution in [3.63, 3.8) is 0 Å². The Balaban J connectivity index is 2.11. The van der Waals surface area contributed by atoms with Gasteiger partial charge in [0.1, 0.15) is 11.5 Å². The molecular weight excluding hydrogens is 348 g/mol. The summed E-state index contributed by atoms with van der Waals surface area (Å²) in [5.74, 6) is 1.71. The number of ether oxygens (including phenoxy) is 2. The van der Waals surface area contributed by atoms with Gasteiger partial charge >= 0.3 is 0 Å². The minimum absolute atomic E-state index is 0.141. The number of hydrogen-bond donors (Lipinski definition) is 0. The molecule has 0 aromatic heterocycles. The van der Waals surface area contributed by atoms with Crippen LogP contribution in [0.5, 0.6) is 11.5 Å². The van der Waals surface area contributed by atoms with Crippen molar-refractivity contribution < 1.29 is 14.3 Å². The number of ketones is 1. The van der Waals surface area contributed by atoms with Gasteiger partial charge in [0.05, 0.1) is 14.2 Å². The van der Waals surface area contributed by atoms with Crippen molar-refractivity contribution in [1.29, 1.82) is 0 Å². The van der Waals surface area contributed by atoms with Gasteiger partial charge in [-0.1, -0.05) is 55.5 Å². The minimum atomic E-state index is 0.141. The van der Waals surface area contributed by atoms with Gasteiger partial charge in [-0.2, -0.15) is 0 Å². The Kier molecular flexibility index (Phi) is 4.74. The van der Waals surface area contributed by atoms with Gasteiger partial charge in [0.15, 0.2) is 5.78 Å². The van der Waals surface area contributed by atoms with E-state index < -0.39 is 0 Å². The van der Waals surface area contributed by atoms with Crippen LogP contribution < -0.4 is 9.47 Å². The third-order valence-electron chi connectivity index (χ3n) is 5.21. The first-order valence-electron chi connectivity index (χ1n) is 9.38. The molecule has 0 amide bonds. The van der Waals surface area contributed by atoms with E-state index in [0.29, 0.717) is 6.42 Å². The monoisotopic (exact) mass is 370 g/mol. The van der Waals surface area contributed by atoms with Crippen LogP contribution in [0.1, 0.15) is 23.7 Å². The largest absolute Gasteiger partial charge is 0.496 e. The first kappa shape index (κ1) is 18.1. The van der Waals surface area contributed by atoms with Gasteiger partial charge < -0.3 is 9.47 Å². The van der Waals surface area contributed by atoms with Crippen molar-refractivity contribution in [1.82, 2.24) is 0 Å². The first-order chi connectivity index (χ1) is 13.7. The van der Waals surface area contributed by atoms with Crippen molar-refractivity contribution in [2.45, 2.75) is 13.3 Å². The zero-order valence-corrected chi connectivity index (χ0v) is 16.3. The van der Waals surface area contributed by atoms with Crippen molar-refractivity contribution in [2.75, 3.05) is 14.2 Å². The van der Waals surface area contributed by atoms with E-state index in [9.17, 15) is 4.79 Å². The molecule has 0 saturated carbocycles. The van der Waals surface area contributed by atoms with Crippen LogP contribution in [0.2, 0.25) is 0 Å². The van der Waals surface area contributed by atoms with Gasteiger partial charge in [-0.05, 0) is 39.7 Å². The highest BCUT2D eigenvalue weighted by molar-refractivity contribution is 6.11. The summed E-state index contributed by atoms with van der Waals surface area (Å²) in [5, 5.41) is 4.27. The summed E-state index contributed by atoms with van der Waals surface area (Å²) in [7, 11) is 3.36. The number of methoxy groups -OCH3 is 2. The average molecular weight is 370 g/mol. The van der Waals surface area contributed by atoms with Crippen molar-refractivity contribution >= 4 is 27.3 Å². The van der Waals surface area contributed by atoms with Gasteiger partial charge in [-0.3, -0.25) is 4.79 Å². The fourth-order valence-corrected chi connectivity index (χ4v) is 3.79. The van der Waals surface area contributed by atoms with Crippen LogP contribution in [0.25, 0.3) is 32.7 Å². The molecule has 0 aliphatic heterocycles. The lowest BCUT2D eigenvalue weighted by Gasteiger charge is -2.18. The molecule has 4 rings (SSSR count). The molecule has 3 heteroatoms. The molecule has 0 bridgehead atoms. The maximum atomic E-state index is 12.2. The second-order valence-corrected chi connectivity index (χ2v) is 6.72. The van der Waals surface area contributed by atoms with Gasteiger partial charge in [0.25, 0.3) is 0 Å². The average Bonchev–Trinajstić information content (AvgIpc) is 2.76. The number of benzene rings is 4. The number of rotatable bonds is 5. The van der Waals surface area contributed by atoms with Gasteiger partial charge in [0.2, 0.25) is 0 Å². The zero-order valence-electron chi connectivity index (χ0n) is 16.3. The summed E-state index contributed by atoms with van der Waals surface area (Å²) in [6.07, 6.45) is 0.492. The molecule has 0 spiro atoms. The molecule has 140 valence electrons. The highest BCUT2D eigenvalue weighted by Gasteiger charge is 2.18. The molecule has 0 heterocycles. The van der Waals surface area contributed by atoms with E-state index in [-0.39, 0.29) is 5.78 Å². The predicted octanol–water partition coefficient (Wildman–Crippen LogP) is 6.27. The van der Waals surface area contributed by atoms with E-state index in [1.165, 1.54) is 0 Å². The SMILES string of the molecule is CCC(=O)c1ccc2c(-c3c(OC)ccc4ccccc34)c(OC)ccc2c1. The fraction of sp³-hybridized carbons (Fsp3) is 0.160. The van der Waals surface area contributed by atoms with Crippen LogP contribution >= 0.6 is 0 Å². The standard InChI is InChI=1S/C25H22O3/c1-4-21(26)18-9-12-20-17(15-18)11-14-23(28-3)25(20)24-19-8-6-5-7-16(19)10-13-22(24)27-2/h5-15H,4H2,1-3H3. The van der Waals surface area contributed by atoms with Crippen molar-refractivity contribution in [3.05, 3.63) is 72.3 Å². The molecule has 0 N–H and O–H groups in total. The molecule has 0 fully saturated rings. The summed E-state index contributed by atoms with van der Waals surface area (Å²) in [4.78, 5) is 12.2. The molecule has 0 aliphatic carbocycles. The molecule has 4 aromatic carbocycles. The third kappa shape index (κ3) is 2.89. The lowest BCUT2D eigenvalue weighted by atomic mass is 9.91. The van der Waals surface area contributed by atoms with Gasteiger partial charge in [0, 0.05) is 23.1 Å². The van der Waals surface area contributed by atoms with Crippen LogP contribution in [0, 0.1) is 0 Å². The molecule has 0 unspecified atom stereocenters. The number of fused-ring (bicyclic) bond motifs is 2. The van der Waals surface area contributed by atoms with E-state index in [1.54, 1.807) is 14.2 Å². The molecule has 0 atom stereocenters. The van der Waals surface area contributed by atoms with E-state index in [0.717, 1.165) is 49.7 Å². The Hall–Kier alpha value is -3.33. The molecular formula is C25H22O3. The molecule has 3 nitrogen and oxygen atoms in total. The minimum Gasteiger partial charge on any atom is -0.496 e. The van der Waals surface area contributed by atoms with Gasteiger partial charge in [-0.15, -0.1) is 0 Å². The lowest BCUT2D eigenvalue weighted by molar-refractivity contribution is 0.0988. The molecule has 0 saturated heterocycles. The van der Waals surface area contributed by atoms with E-state index in [2.05, 4.69) is 18.2 Å². The van der Waals surface area contributed by atoms with Crippen LogP contribution in [0.15, 0.2) is 66.7 Å². The maximum Gasteiger partial charge on any atom is 0.162 e.